The lowest BCUT2D eigenvalue weighted by Gasteiger charge is -2.11. The lowest BCUT2D eigenvalue weighted by molar-refractivity contribution is 0.0180. The van der Waals surface area contributed by atoms with Crippen molar-refractivity contribution in [1.82, 2.24) is 39.9 Å². The Bertz CT molecular complexity index is 3770. The van der Waals surface area contributed by atoms with Crippen LogP contribution in [0.4, 0.5) is 0 Å². The van der Waals surface area contributed by atoms with Gasteiger partial charge in [0, 0.05) is 65.1 Å². The first-order valence-corrected chi connectivity index (χ1v) is 40.2. The first kappa shape index (κ1) is 82.3. The van der Waals surface area contributed by atoms with Crippen molar-refractivity contribution in [3.63, 3.8) is 0 Å². The Kier molecular flexibility index (Phi) is 38.6. The molecule has 9 rings (SSSR count). The fraction of sp³-hybridized carbons (Fsp3) is 0.624. The average Bonchev–Trinajstić information content (AvgIpc) is 1.60. The maximum absolute atomic E-state index is 6.40. The van der Waals surface area contributed by atoms with Gasteiger partial charge in [-0.25, -0.2) is 29.9 Å². The monoisotopic (exact) mass is 1450 g/mol. The highest BCUT2D eigenvalue weighted by Crippen LogP contribution is 2.41. The van der Waals surface area contributed by atoms with Crippen LogP contribution in [0, 0.1) is 0 Å². The molecule has 7 aromatic rings. The van der Waals surface area contributed by atoms with Crippen LogP contribution >= 0.6 is 0 Å². The van der Waals surface area contributed by atoms with Crippen molar-refractivity contribution in [2.24, 2.45) is 0 Å². The number of H-pyrrole nitrogens is 2. The van der Waals surface area contributed by atoms with E-state index in [1.165, 1.54) is 178 Å². The molecule has 0 aliphatic carbocycles. The molecule has 4 aromatic carbocycles. The minimum atomic E-state index is 0.323. The van der Waals surface area contributed by atoms with Gasteiger partial charge in [-0.2, -0.15) is 0 Å². The number of nitrogens with one attached hydrogen (secondary N) is 2. The predicted molar refractivity (Wildman–Crippen MR) is 421 cm³/mol. The Morgan fingerprint density at radius 3 is 0.848 bits per heavy atom. The van der Waals surface area contributed by atoms with E-state index in [0.717, 1.165) is 69.5 Å². The number of hydrogen-bond donors (Lipinski definition) is 2. The topological polar surface area (TPSA) is 220 Å². The molecule has 576 valence electrons. The summed E-state index contributed by atoms with van der Waals surface area (Å²) in [6, 6.07) is 22.7. The van der Waals surface area contributed by atoms with E-state index >= 15 is 0 Å². The first-order chi connectivity index (χ1) is 52.0. The van der Waals surface area contributed by atoms with Crippen LogP contribution in [0.3, 0.4) is 0 Å². The van der Waals surface area contributed by atoms with Gasteiger partial charge in [-0.05, 0) is 104 Å². The zero-order chi connectivity index (χ0) is 73.0. The lowest BCUT2D eigenvalue weighted by atomic mass is 9.94. The van der Waals surface area contributed by atoms with Gasteiger partial charge in [0.25, 0.3) is 0 Å². The number of fused-ring (bicyclic) bond motifs is 20. The van der Waals surface area contributed by atoms with Crippen LogP contribution in [0.5, 0.6) is 17.2 Å². The van der Waals surface area contributed by atoms with E-state index in [0.29, 0.717) is 182 Å². The van der Waals surface area contributed by atoms with Crippen LogP contribution < -0.4 is 14.2 Å². The van der Waals surface area contributed by atoms with Crippen LogP contribution in [0.15, 0.2) is 66.7 Å². The molecule has 0 atom stereocenters. The number of aromatic nitrogens is 8. The highest BCUT2D eigenvalue weighted by atomic mass is 16.6. The summed E-state index contributed by atoms with van der Waals surface area (Å²) in [5.41, 5.74) is 8.29. The fourth-order valence-electron chi connectivity index (χ4n) is 13.7. The molecule has 20 nitrogen and oxygen atoms in total. The van der Waals surface area contributed by atoms with Gasteiger partial charge in [0.05, 0.1) is 99.1 Å². The van der Waals surface area contributed by atoms with Crippen LogP contribution in [0.25, 0.3) is 89.7 Å². The normalized spacial score (nSPS) is 11.9. The van der Waals surface area contributed by atoms with Gasteiger partial charge in [0.2, 0.25) is 0 Å². The third-order valence-corrected chi connectivity index (χ3v) is 19.6. The predicted octanol–water partition coefficient (Wildman–Crippen LogP) is 19.1. The van der Waals surface area contributed by atoms with Crippen molar-refractivity contribution < 1.29 is 56.8 Å². The third-order valence-electron chi connectivity index (χ3n) is 19.6. The highest BCUT2D eigenvalue weighted by molar-refractivity contribution is 6.07. The van der Waals surface area contributed by atoms with Crippen LogP contribution in [0.2, 0.25) is 0 Å². The molecule has 0 fully saturated rings. The van der Waals surface area contributed by atoms with Gasteiger partial charge in [0.1, 0.15) is 59.7 Å². The smallest absolute Gasteiger partial charge is 0.164 e. The van der Waals surface area contributed by atoms with E-state index in [4.69, 9.17) is 86.7 Å². The van der Waals surface area contributed by atoms with E-state index in [9.17, 15) is 0 Å². The van der Waals surface area contributed by atoms with Gasteiger partial charge in [-0.3, -0.25) is 0 Å². The second kappa shape index (κ2) is 49.3. The molecule has 0 amide bonds. The zero-order valence-electron chi connectivity index (χ0n) is 64.4. The summed E-state index contributed by atoms with van der Waals surface area (Å²) in [4.78, 5) is 40.0. The number of unbranched alkanes of at least 4 members (excludes halogenated alkanes) is 26. The minimum Gasteiger partial charge on any atom is -0.491 e. The molecule has 5 heterocycles. The zero-order valence-corrected chi connectivity index (χ0v) is 64.4. The summed E-state index contributed by atoms with van der Waals surface area (Å²) in [6.07, 6.45) is 39.0. The fourth-order valence-corrected chi connectivity index (χ4v) is 13.7. The van der Waals surface area contributed by atoms with Gasteiger partial charge >= 0.3 is 0 Å². The molecule has 2 aliphatic heterocycles. The van der Waals surface area contributed by atoms with E-state index in [2.05, 4.69) is 35.9 Å². The standard InChI is InChI=1S/C85H124N8O12/c1-6-8-10-12-14-16-18-20-22-24-26-28-30-32-34-65-60-73-74(61-66(65)35-33-31-29-27-25-23-21-19-17-15-13-11-9-7-2)82-92-81(73)86-78-70-39-36-67(103-57-54-100-51-48-97-45-42-94-3)62-75(70)83(87-78)88-79-71-40-37-68(104-58-55-101-52-49-98-46-43-95-4)63-76(71)84(89-79)90-80-72-41-38-69(64-77(72)85(91-80)93-82)105-59-56-102-53-50-99-47-44-96-5/h36-41,60-64H,6-35,42-59H2,1-5H3,(H2,86,87,88,89,90,91,92,93). The Balaban J connectivity index is 1.08. The summed E-state index contributed by atoms with van der Waals surface area (Å²) in [6.45, 7) is 12.6. The molecule has 0 spiro atoms. The largest absolute Gasteiger partial charge is 0.491 e. The summed E-state index contributed by atoms with van der Waals surface area (Å²) in [5, 5.41) is 3.52. The average molecular weight is 1450 g/mol. The van der Waals surface area contributed by atoms with Crippen LogP contribution in [-0.4, -0.2) is 180 Å². The molecule has 2 aliphatic rings. The molecule has 8 bridgehead atoms. The Morgan fingerprint density at radius 1 is 0.248 bits per heavy atom. The van der Waals surface area contributed by atoms with Gasteiger partial charge in [-0.15, -0.1) is 0 Å². The molecule has 0 saturated heterocycles. The van der Waals surface area contributed by atoms with Crippen molar-refractivity contribution in [2.75, 3.05) is 140 Å². The van der Waals surface area contributed by atoms with Crippen LogP contribution in [-0.2, 0) is 55.5 Å². The maximum atomic E-state index is 6.40. The van der Waals surface area contributed by atoms with Gasteiger partial charge < -0.3 is 66.8 Å². The Morgan fingerprint density at radius 2 is 0.514 bits per heavy atom. The third kappa shape index (κ3) is 28.1. The second-order valence-electron chi connectivity index (χ2n) is 27.8. The highest BCUT2D eigenvalue weighted by Gasteiger charge is 2.25. The molecule has 0 radical (unpaired) electrons. The number of aromatic amines is 2. The summed E-state index contributed by atoms with van der Waals surface area (Å²) >= 11 is 0. The SMILES string of the molecule is CCCCCCCCCCCCCCCCc1cc2c3nc4nc(nc5[nH]c(nc6nc(nc([nH]3)c2cc1CCCCCCCCCCCCCCCC)-c1cc(OCCOCCOCCOC)ccc1-6)c1cc(OCCOCCOCCOC)ccc51)-c1cc(OCCOCCOCCOC)ccc1-4. The number of benzene rings is 4. The van der Waals surface area contributed by atoms with Gasteiger partial charge in [-0.1, -0.05) is 181 Å². The number of hydrogen-bond acceptors (Lipinski definition) is 18. The van der Waals surface area contributed by atoms with Crippen molar-refractivity contribution in [3.8, 4) is 62.8 Å². The number of nitrogens with zero attached hydrogens (tertiary/aromatic N) is 6. The number of ether oxygens (including phenoxy) is 12. The Hall–Kier alpha value is -6.72. The van der Waals surface area contributed by atoms with Gasteiger partial charge in [0.15, 0.2) is 23.3 Å². The number of aryl methyl sites for hydroxylation is 2. The second-order valence-corrected chi connectivity index (χ2v) is 27.8. The van der Waals surface area contributed by atoms with Crippen molar-refractivity contribution in [1.29, 1.82) is 0 Å². The van der Waals surface area contributed by atoms with E-state index in [1.807, 2.05) is 54.6 Å². The van der Waals surface area contributed by atoms with E-state index < -0.39 is 0 Å². The summed E-state index contributed by atoms with van der Waals surface area (Å²) in [7, 11) is 4.98. The number of methoxy groups -OCH3 is 3. The van der Waals surface area contributed by atoms with E-state index in [-0.39, 0.29) is 0 Å². The minimum absolute atomic E-state index is 0.323. The molecule has 3 aromatic heterocycles. The molecule has 20 heteroatoms. The molecular weight excluding hydrogens is 1320 g/mol. The van der Waals surface area contributed by atoms with Crippen molar-refractivity contribution in [3.05, 3.63) is 77.9 Å². The molecule has 0 unspecified atom stereocenters. The summed E-state index contributed by atoms with van der Waals surface area (Å²) in [5.74, 6) is 3.88. The van der Waals surface area contributed by atoms with Crippen LogP contribution in [0.1, 0.15) is 205 Å². The quantitative estimate of drug-likeness (QED) is 0.0338. The first-order valence-electron chi connectivity index (χ1n) is 40.2. The Labute approximate surface area is 625 Å². The van der Waals surface area contributed by atoms with Crippen molar-refractivity contribution in [2.45, 2.75) is 206 Å². The maximum Gasteiger partial charge on any atom is 0.164 e. The lowest BCUT2D eigenvalue weighted by Crippen LogP contribution is -2.12. The molecular formula is C85H124N8O12. The number of rotatable bonds is 60. The van der Waals surface area contributed by atoms with E-state index in [1.54, 1.807) is 21.3 Å². The van der Waals surface area contributed by atoms with Crippen molar-refractivity contribution >= 4 is 44.1 Å². The molecule has 0 saturated carbocycles. The molecule has 105 heavy (non-hydrogen) atoms. The molecule has 2 N–H and O–H groups in total. The summed E-state index contributed by atoms with van der Waals surface area (Å²) < 4.78 is 68.9.